The summed E-state index contributed by atoms with van der Waals surface area (Å²) < 4.78 is 0. The molecule has 0 saturated heterocycles. The van der Waals surface area contributed by atoms with Crippen LogP contribution in [0.15, 0.2) is 48.6 Å². The summed E-state index contributed by atoms with van der Waals surface area (Å²) in [6.07, 6.45) is 5.28. The number of ketones is 2. The summed E-state index contributed by atoms with van der Waals surface area (Å²) in [5.74, 6) is -3.14. The van der Waals surface area contributed by atoms with Gasteiger partial charge < -0.3 is 30.6 Å². The van der Waals surface area contributed by atoms with E-state index < -0.39 is 22.8 Å². The molecule has 0 bridgehead atoms. The zero-order valence-electron chi connectivity index (χ0n) is 17.1. The Balaban J connectivity index is 1.85. The number of aliphatic hydroxyl groups is 2. The first kappa shape index (κ1) is 23.1. The molecule has 1 fully saturated rings. The number of benzene rings is 2. The first-order chi connectivity index (χ1) is 15.1. The normalized spacial score (nSPS) is 23.6. The highest BCUT2D eigenvalue weighted by molar-refractivity contribution is 6.09. The molecule has 2 aromatic carbocycles. The van der Waals surface area contributed by atoms with E-state index in [9.17, 15) is 40.2 Å². The van der Waals surface area contributed by atoms with Crippen LogP contribution in [0.5, 0.6) is 23.0 Å². The fourth-order valence-electron chi connectivity index (χ4n) is 3.74. The number of phenolic OH excluding ortho intramolecular Hbond substituents is 4. The van der Waals surface area contributed by atoms with Crippen LogP contribution in [0.1, 0.15) is 36.8 Å². The molecule has 0 heterocycles. The molecule has 1 saturated carbocycles. The molecule has 1 aliphatic carbocycles. The Morgan fingerprint density at radius 1 is 0.656 bits per heavy atom. The van der Waals surface area contributed by atoms with Crippen molar-refractivity contribution >= 4 is 23.7 Å². The molecule has 2 aromatic rings. The highest BCUT2D eigenvalue weighted by atomic mass is 16.4. The van der Waals surface area contributed by atoms with E-state index in [1.54, 1.807) is 0 Å². The van der Waals surface area contributed by atoms with Crippen LogP contribution in [0.3, 0.4) is 0 Å². The summed E-state index contributed by atoms with van der Waals surface area (Å²) in [6, 6.07) is 7.80. The lowest BCUT2D eigenvalue weighted by Crippen LogP contribution is -2.64. The third-order valence-electron chi connectivity index (χ3n) is 5.68. The molecule has 0 aromatic heterocycles. The van der Waals surface area contributed by atoms with Crippen LogP contribution in [0.4, 0.5) is 0 Å². The Bertz CT molecular complexity index is 1020. The van der Waals surface area contributed by atoms with Gasteiger partial charge in [-0.25, -0.2) is 0 Å². The van der Waals surface area contributed by atoms with Crippen molar-refractivity contribution in [3.05, 3.63) is 59.7 Å². The lowest BCUT2D eigenvalue weighted by Gasteiger charge is -2.43. The number of carbonyl (C=O) groups is 2. The highest BCUT2D eigenvalue weighted by Crippen LogP contribution is 2.40. The van der Waals surface area contributed by atoms with Gasteiger partial charge in [0.2, 0.25) is 0 Å². The predicted molar refractivity (Wildman–Crippen MR) is 116 cm³/mol. The maximum absolute atomic E-state index is 12.9. The van der Waals surface area contributed by atoms with Gasteiger partial charge in [0.1, 0.15) is 0 Å². The van der Waals surface area contributed by atoms with Crippen LogP contribution in [0, 0.1) is 0 Å². The molecule has 8 heteroatoms. The van der Waals surface area contributed by atoms with Crippen LogP contribution < -0.4 is 0 Å². The summed E-state index contributed by atoms with van der Waals surface area (Å²) in [5, 5.41) is 60.1. The monoisotopic (exact) mass is 440 g/mol. The number of carbonyl (C=O) groups excluding carboxylic acids is 2. The molecular weight excluding hydrogens is 416 g/mol. The zero-order valence-corrected chi connectivity index (χ0v) is 17.1. The molecular formula is C24H24O8. The molecule has 3 rings (SSSR count). The second kappa shape index (κ2) is 8.86. The van der Waals surface area contributed by atoms with Gasteiger partial charge in [-0.15, -0.1) is 0 Å². The SMILES string of the molecule is O=C(C=Cc1ccc(O)c(O)c1)C1(O)CCCCC1(O)C(=O)C=Cc1ccc(O)c(O)c1. The lowest BCUT2D eigenvalue weighted by molar-refractivity contribution is -0.186. The average Bonchev–Trinajstić information content (AvgIpc) is 2.77. The Morgan fingerprint density at radius 2 is 1.03 bits per heavy atom. The minimum Gasteiger partial charge on any atom is -0.504 e. The van der Waals surface area contributed by atoms with E-state index in [1.165, 1.54) is 48.6 Å². The van der Waals surface area contributed by atoms with E-state index in [-0.39, 0.29) is 35.8 Å². The van der Waals surface area contributed by atoms with Crippen LogP contribution >= 0.6 is 0 Å². The van der Waals surface area contributed by atoms with Gasteiger partial charge >= 0.3 is 0 Å². The zero-order chi connectivity index (χ0) is 23.5. The second-order valence-electron chi connectivity index (χ2n) is 7.82. The molecule has 1 aliphatic rings. The summed E-state index contributed by atoms with van der Waals surface area (Å²) in [7, 11) is 0. The molecule has 0 spiro atoms. The van der Waals surface area contributed by atoms with Gasteiger partial charge in [0.15, 0.2) is 45.8 Å². The summed E-state index contributed by atoms with van der Waals surface area (Å²) >= 11 is 0. The van der Waals surface area contributed by atoms with E-state index in [4.69, 9.17) is 0 Å². The van der Waals surface area contributed by atoms with Crippen LogP contribution in [0.2, 0.25) is 0 Å². The number of hydrogen-bond donors (Lipinski definition) is 6. The van der Waals surface area contributed by atoms with Crippen LogP contribution in [-0.2, 0) is 9.59 Å². The van der Waals surface area contributed by atoms with Crippen molar-refractivity contribution in [1.82, 2.24) is 0 Å². The molecule has 2 atom stereocenters. The van der Waals surface area contributed by atoms with Crippen molar-refractivity contribution in [2.75, 3.05) is 0 Å². The third kappa shape index (κ3) is 4.37. The molecule has 6 N–H and O–H groups in total. The fraction of sp³-hybridized carbons (Fsp3) is 0.250. The van der Waals surface area contributed by atoms with Crippen molar-refractivity contribution in [3.63, 3.8) is 0 Å². The first-order valence-electron chi connectivity index (χ1n) is 10.0. The largest absolute Gasteiger partial charge is 0.504 e. The molecule has 168 valence electrons. The Morgan fingerprint density at radius 3 is 1.38 bits per heavy atom. The van der Waals surface area contributed by atoms with Crippen molar-refractivity contribution in [2.45, 2.75) is 36.9 Å². The second-order valence-corrected chi connectivity index (χ2v) is 7.82. The van der Waals surface area contributed by atoms with Crippen LogP contribution in [-0.4, -0.2) is 53.4 Å². The molecule has 32 heavy (non-hydrogen) atoms. The smallest absolute Gasteiger partial charge is 0.190 e. The summed E-state index contributed by atoms with van der Waals surface area (Å²) in [5.41, 5.74) is -3.96. The molecule has 0 radical (unpaired) electrons. The molecule has 2 unspecified atom stereocenters. The third-order valence-corrected chi connectivity index (χ3v) is 5.68. The van der Waals surface area contributed by atoms with Gasteiger partial charge in [-0.05, 0) is 73.2 Å². The van der Waals surface area contributed by atoms with Gasteiger partial charge in [0, 0.05) is 0 Å². The standard InChI is InChI=1S/C24H24O8/c25-17-7-3-15(13-19(17)27)5-9-21(29)23(31)11-1-2-12-24(23,32)22(30)10-6-16-4-8-18(26)20(28)14-16/h3-10,13-14,25-28,31-32H,1-2,11-12H2. The lowest BCUT2D eigenvalue weighted by atomic mass is 9.67. The van der Waals surface area contributed by atoms with E-state index in [2.05, 4.69) is 0 Å². The van der Waals surface area contributed by atoms with Crippen LogP contribution in [0.25, 0.3) is 12.2 Å². The quantitative estimate of drug-likeness (QED) is 0.295. The molecule has 8 nitrogen and oxygen atoms in total. The number of rotatable bonds is 6. The maximum Gasteiger partial charge on any atom is 0.190 e. The van der Waals surface area contributed by atoms with E-state index in [0.717, 1.165) is 12.2 Å². The maximum atomic E-state index is 12.9. The van der Waals surface area contributed by atoms with Crippen molar-refractivity contribution in [1.29, 1.82) is 0 Å². The van der Waals surface area contributed by atoms with Gasteiger partial charge in [-0.2, -0.15) is 0 Å². The van der Waals surface area contributed by atoms with Crippen molar-refractivity contribution in [2.24, 2.45) is 0 Å². The average molecular weight is 440 g/mol. The van der Waals surface area contributed by atoms with Gasteiger partial charge in [-0.1, -0.05) is 24.3 Å². The van der Waals surface area contributed by atoms with Gasteiger partial charge in [-0.3, -0.25) is 9.59 Å². The fourth-order valence-corrected chi connectivity index (χ4v) is 3.74. The van der Waals surface area contributed by atoms with E-state index in [1.807, 2.05) is 0 Å². The molecule has 0 aliphatic heterocycles. The number of phenols is 4. The van der Waals surface area contributed by atoms with Gasteiger partial charge in [0.25, 0.3) is 0 Å². The minimum absolute atomic E-state index is 0.118. The summed E-state index contributed by atoms with van der Waals surface area (Å²) in [6.45, 7) is 0. The Hall–Kier alpha value is -3.62. The minimum atomic E-state index is -2.35. The first-order valence-corrected chi connectivity index (χ1v) is 10.0. The Kier molecular flexibility index (Phi) is 6.38. The van der Waals surface area contributed by atoms with E-state index >= 15 is 0 Å². The topological polar surface area (TPSA) is 156 Å². The predicted octanol–water partition coefficient (Wildman–Crippen LogP) is 2.41. The number of hydrogen-bond acceptors (Lipinski definition) is 8. The Labute approximate surface area is 184 Å². The highest BCUT2D eigenvalue weighted by Gasteiger charge is 2.58. The van der Waals surface area contributed by atoms with Crippen molar-refractivity contribution < 1.29 is 40.2 Å². The molecule has 0 amide bonds. The summed E-state index contributed by atoms with van der Waals surface area (Å²) in [4.78, 5) is 25.8. The number of aromatic hydroxyl groups is 4. The van der Waals surface area contributed by atoms with E-state index in [0.29, 0.717) is 24.0 Å². The van der Waals surface area contributed by atoms with Crippen molar-refractivity contribution in [3.8, 4) is 23.0 Å². The van der Waals surface area contributed by atoms with Gasteiger partial charge in [0.05, 0.1) is 0 Å².